The van der Waals surface area contributed by atoms with Crippen LogP contribution in [-0.2, 0) is 30.2 Å². The van der Waals surface area contributed by atoms with E-state index in [1.165, 1.54) is 18.2 Å². The van der Waals surface area contributed by atoms with E-state index in [4.69, 9.17) is 28.4 Å². The molecular formula is C30H47NO11. The second kappa shape index (κ2) is 18.1. The van der Waals surface area contributed by atoms with Gasteiger partial charge in [-0.05, 0) is 78.0 Å². The molecule has 0 saturated carbocycles. The molecule has 0 heterocycles. The van der Waals surface area contributed by atoms with Crippen LogP contribution in [0, 0.1) is 0 Å². The van der Waals surface area contributed by atoms with Gasteiger partial charge in [-0.3, -0.25) is 4.79 Å². The zero-order chi connectivity index (χ0) is 31.9. The second-order valence-corrected chi connectivity index (χ2v) is 10.8. The molecule has 0 aliphatic carbocycles. The summed E-state index contributed by atoms with van der Waals surface area (Å²) in [7, 11) is 0. The van der Waals surface area contributed by atoms with Crippen molar-refractivity contribution in [3.63, 3.8) is 0 Å². The molecule has 42 heavy (non-hydrogen) atoms. The number of carboxylic acid groups (broad SMARTS) is 1. The molecule has 12 heteroatoms. The van der Waals surface area contributed by atoms with E-state index in [1.807, 2.05) is 20.8 Å². The number of nitrogens with one attached hydrogen (secondary N) is 1. The Morgan fingerprint density at radius 3 is 1.83 bits per heavy atom. The first-order valence-corrected chi connectivity index (χ1v) is 14.4. The molecule has 0 aliphatic rings. The number of carboxylic acids is 1. The van der Waals surface area contributed by atoms with Crippen molar-refractivity contribution in [2.45, 2.75) is 124 Å². The summed E-state index contributed by atoms with van der Waals surface area (Å²) in [6.45, 7) is 14.4. The standard InChI is InChI=1S/C30H47NO11/c1-9-12-19(4)37-27(34)40-24-15-14-22(17-25(24)41-28(35)38-20(5)13-10-2)16-23(26(32)33)31-18-21(6)39-29(36)42-30(7,8)11-3/h14-15,17,19-21,23,31H,9-13,16,18H2,1-8H3,(H,32,33)/t19?,20?,21?,23-/m0/s1. The topological polar surface area (TPSA) is 156 Å². The predicted molar refractivity (Wildman–Crippen MR) is 154 cm³/mol. The summed E-state index contributed by atoms with van der Waals surface area (Å²) in [5.74, 6) is -1.38. The number of hydrogen-bond acceptors (Lipinski definition) is 11. The molecule has 1 aromatic carbocycles. The molecule has 238 valence electrons. The molecule has 0 aromatic heterocycles. The Hall–Kier alpha value is -3.54. The van der Waals surface area contributed by atoms with Gasteiger partial charge in [-0.25, -0.2) is 14.4 Å². The Bertz CT molecular complexity index is 1030. The lowest BCUT2D eigenvalue weighted by atomic mass is 10.0. The number of rotatable bonds is 17. The van der Waals surface area contributed by atoms with Crippen molar-refractivity contribution in [2.24, 2.45) is 0 Å². The van der Waals surface area contributed by atoms with E-state index < -0.39 is 48.3 Å². The summed E-state index contributed by atoms with van der Waals surface area (Å²) in [5.41, 5.74) is -0.230. The Balaban J connectivity index is 3.02. The third-order valence-electron chi connectivity index (χ3n) is 6.28. The SMILES string of the molecule is CCCC(C)OC(=O)Oc1ccc(C[C@H](NCC(C)OC(=O)OC(C)(C)CC)C(=O)O)cc1OC(=O)OC(C)CCC. The monoisotopic (exact) mass is 597 g/mol. The van der Waals surface area contributed by atoms with Crippen LogP contribution < -0.4 is 14.8 Å². The first-order chi connectivity index (χ1) is 19.7. The van der Waals surface area contributed by atoms with E-state index in [1.54, 1.807) is 34.6 Å². The molecule has 2 N–H and O–H groups in total. The number of hydrogen-bond donors (Lipinski definition) is 2. The Kier molecular flexibility index (Phi) is 15.7. The third-order valence-corrected chi connectivity index (χ3v) is 6.28. The third kappa shape index (κ3) is 14.4. The maximum atomic E-state index is 12.4. The Labute approximate surface area is 248 Å². The number of carbonyl (C=O) groups excluding carboxylic acids is 3. The van der Waals surface area contributed by atoms with Crippen molar-refractivity contribution in [2.75, 3.05) is 6.54 Å². The van der Waals surface area contributed by atoms with Gasteiger partial charge in [-0.2, -0.15) is 0 Å². The lowest BCUT2D eigenvalue weighted by molar-refractivity contribution is -0.139. The van der Waals surface area contributed by atoms with Crippen molar-refractivity contribution in [3.05, 3.63) is 23.8 Å². The Morgan fingerprint density at radius 2 is 1.33 bits per heavy atom. The van der Waals surface area contributed by atoms with Gasteiger partial charge in [0, 0.05) is 6.54 Å². The van der Waals surface area contributed by atoms with Crippen LogP contribution in [-0.4, -0.2) is 66.0 Å². The summed E-state index contributed by atoms with van der Waals surface area (Å²) in [5, 5.41) is 12.7. The van der Waals surface area contributed by atoms with Crippen molar-refractivity contribution in [1.82, 2.24) is 5.32 Å². The van der Waals surface area contributed by atoms with E-state index in [2.05, 4.69) is 5.32 Å². The van der Waals surface area contributed by atoms with Crippen LogP contribution in [0.3, 0.4) is 0 Å². The summed E-state index contributed by atoms with van der Waals surface area (Å²) in [6.07, 6.45) is -0.827. The van der Waals surface area contributed by atoms with Crippen LogP contribution in [0.1, 0.15) is 93.1 Å². The van der Waals surface area contributed by atoms with Crippen LogP contribution >= 0.6 is 0 Å². The average molecular weight is 598 g/mol. The summed E-state index contributed by atoms with van der Waals surface area (Å²) < 4.78 is 31.6. The second-order valence-electron chi connectivity index (χ2n) is 10.8. The largest absolute Gasteiger partial charge is 0.514 e. The average Bonchev–Trinajstić information content (AvgIpc) is 2.87. The van der Waals surface area contributed by atoms with Gasteiger partial charge in [0.15, 0.2) is 11.5 Å². The highest BCUT2D eigenvalue weighted by Crippen LogP contribution is 2.30. The minimum Gasteiger partial charge on any atom is -0.480 e. The first-order valence-electron chi connectivity index (χ1n) is 14.4. The molecule has 3 unspecified atom stereocenters. The number of carbonyl (C=O) groups is 4. The molecule has 1 rings (SSSR count). The van der Waals surface area contributed by atoms with Gasteiger partial charge in [0.25, 0.3) is 0 Å². The number of aliphatic carboxylic acids is 1. The smallest absolute Gasteiger partial charge is 0.480 e. The highest BCUT2D eigenvalue weighted by molar-refractivity contribution is 5.74. The van der Waals surface area contributed by atoms with Gasteiger partial charge in [0.1, 0.15) is 30.0 Å². The van der Waals surface area contributed by atoms with Crippen molar-refractivity contribution >= 4 is 24.4 Å². The summed E-state index contributed by atoms with van der Waals surface area (Å²) in [4.78, 5) is 48.8. The van der Waals surface area contributed by atoms with Crippen LogP contribution in [0.25, 0.3) is 0 Å². The first kappa shape index (κ1) is 36.5. The summed E-state index contributed by atoms with van der Waals surface area (Å²) >= 11 is 0. The zero-order valence-electron chi connectivity index (χ0n) is 26.0. The van der Waals surface area contributed by atoms with Gasteiger partial charge in [0.05, 0.1) is 0 Å². The molecule has 4 atom stereocenters. The molecule has 1 aromatic rings. The fourth-order valence-corrected chi connectivity index (χ4v) is 3.65. The predicted octanol–water partition coefficient (Wildman–Crippen LogP) is 6.41. The minimum absolute atomic E-state index is 0.0343. The van der Waals surface area contributed by atoms with E-state index >= 15 is 0 Å². The lowest BCUT2D eigenvalue weighted by Gasteiger charge is -2.24. The van der Waals surface area contributed by atoms with Crippen LogP contribution in [0.15, 0.2) is 18.2 Å². The van der Waals surface area contributed by atoms with Gasteiger partial charge in [-0.1, -0.05) is 39.7 Å². The van der Waals surface area contributed by atoms with Gasteiger partial charge in [0.2, 0.25) is 0 Å². The van der Waals surface area contributed by atoms with Gasteiger partial charge >= 0.3 is 24.4 Å². The molecule has 0 spiro atoms. The molecule has 0 fully saturated rings. The highest BCUT2D eigenvalue weighted by Gasteiger charge is 2.25. The van der Waals surface area contributed by atoms with E-state index in [9.17, 15) is 24.3 Å². The van der Waals surface area contributed by atoms with E-state index in [0.29, 0.717) is 24.8 Å². The summed E-state index contributed by atoms with van der Waals surface area (Å²) in [6, 6.07) is 3.23. The van der Waals surface area contributed by atoms with Crippen LogP contribution in [0.5, 0.6) is 11.5 Å². The fourth-order valence-electron chi connectivity index (χ4n) is 3.65. The molecule has 0 aliphatic heterocycles. The molecule has 0 bridgehead atoms. The molecular weight excluding hydrogens is 550 g/mol. The quantitative estimate of drug-likeness (QED) is 0.116. The maximum absolute atomic E-state index is 12.4. The molecule has 0 amide bonds. The van der Waals surface area contributed by atoms with Crippen molar-refractivity contribution in [1.29, 1.82) is 0 Å². The van der Waals surface area contributed by atoms with E-state index in [0.717, 1.165) is 12.8 Å². The normalized spacial score (nSPS) is 14.1. The maximum Gasteiger partial charge on any atom is 0.514 e. The number of benzene rings is 1. The lowest BCUT2D eigenvalue weighted by Crippen LogP contribution is -2.43. The van der Waals surface area contributed by atoms with Crippen molar-refractivity contribution < 1.29 is 52.7 Å². The zero-order valence-corrected chi connectivity index (χ0v) is 26.0. The molecule has 0 radical (unpaired) electrons. The minimum atomic E-state index is -1.15. The molecule has 0 saturated heterocycles. The van der Waals surface area contributed by atoms with Crippen molar-refractivity contribution in [3.8, 4) is 11.5 Å². The Morgan fingerprint density at radius 1 is 0.810 bits per heavy atom. The van der Waals surface area contributed by atoms with Gasteiger partial charge < -0.3 is 38.8 Å². The van der Waals surface area contributed by atoms with E-state index in [-0.39, 0.29) is 30.6 Å². The fraction of sp³-hybridized carbons (Fsp3) is 0.667. The highest BCUT2D eigenvalue weighted by atomic mass is 16.8. The molecule has 12 nitrogen and oxygen atoms in total. The van der Waals surface area contributed by atoms with Gasteiger partial charge in [-0.15, -0.1) is 0 Å². The number of ether oxygens (including phenoxy) is 6. The van der Waals surface area contributed by atoms with Crippen LogP contribution in [0.2, 0.25) is 0 Å². The van der Waals surface area contributed by atoms with Crippen LogP contribution in [0.4, 0.5) is 14.4 Å².